The average Bonchev–Trinajstić information content (AvgIpc) is 2.71. The normalized spacial score (nSPS) is 16.2. The third kappa shape index (κ3) is 3.49. The van der Waals surface area contributed by atoms with E-state index in [0.29, 0.717) is 11.5 Å². The second-order valence-electron chi connectivity index (χ2n) is 8.15. The van der Waals surface area contributed by atoms with Crippen molar-refractivity contribution >= 4 is 16.7 Å². The fraction of sp³-hybridized carbons (Fsp3) is 0.391. The highest BCUT2D eigenvalue weighted by Gasteiger charge is 2.29. The van der Waals surface area contributed by atoms with Crippen molar-refractivity contribution in [2.45, 2.75) is 26.7 Å². The van der Waals surface area contributed by atoms with Gasteiger partial charge in [0.1, 0.15) is 5.82 Å². The van der Waals surface area contributed by atoms with Crippen LogP contribution in [0.4, 0.5) is 5.82 Å². The van der Waals surface area contributed by atoms with Crippen molar-refractivity contribution in [1.82, 2.24) is 9.97 Å². The van der Waals surface area contributed by atoms with Crippen molar-refractivity contribution in [3.05, 3.63) is 42.5 Å². The molecule has 0 aliphatic carbocycles. The monoisotopic (exact) mass is 377 g/mol. The van der Waals surface area contributed by atoms with Crippen molar-refractivity contribution in [1.29, 1.82) is 0 Å². The van der Waals surface area contributed by atoms with Crippen LogP contribution in [0.2, 0.25) is 0 Å². The number of aromatic nitrogens is 2. The summed E-state index contributed by atoms with van der Waals surface area (Å²) in [5.41, 5.74) is 2.14. The van der Waals surface area contributed by atoms with E-state index < -0.39 is 0 Å². The molecule has 4 rings (SSSR count). The molecule has 146 valence electrons. The number of anilines is 1. The minimum Gasteiger partial charge on any atom is -0.493 e. The van der Waals surface area contributed by atoms with E-state index >= 15 is 0 Å². The molecular weight excluding hydrogens is 350 g/mol. The van der Waals surface area contributed by atoms with E-state index in [1.165, 1.54) is 6.42 Å². The summed E-state index contributed by atoms with van der Waals surface area (Å²) in [7, 11) is 3.31. The fourth-order valence-corrected chi connectivity index (χ4v) is 4.00. The van der Waals surface area contributed by atoms with Gasteiger partial charge in [-0.3, -0.25) is 0 Å². The smallest absolute Gasteiger partial charge is 0.162 e. The van der Waals surface area contributed by atoms with Gasteiger partial charge in [0.2, 0.25) is 0 Å². The number of rotatable bonds is 4. The third-order valence-corrected chi connectivity index (χ3v) is 5.41. The van der Waals surface area contributed by atoms with Crippen molar-refractivity contribution in [2.24, 2.45) is 5.41 Å². The maximum absolute atomic E-state index is 5.54. The second-order valence-corrected chi connectivity index (χ2v) is 8.15. The summed E-state index contributed by atoms with van der Waals surface area (Å²) in [5, 5.41) is 0.995. The Hall–Kier alpha value is -2.82. The number of hydrogen-bond acceptors (Lipinski definition) is 5. The summed E-state index contributed by atoms with van der Waals surface area (Å²) in [6.45, 7) is 6.62. The molecule has 0 bridgehead atoms. The predicted molar refractivity (Wildman–Crippen MR) is 113 cm³/mol. The van der Waals surface area contributed by atoms with E-state index in [1.54, 1.807) is 14.2 Å². The van der Waals surface area contributed by atoms with E-state index in [4.69, 9.17) is 19.4 Å². The van der Waals surface area contributed by atoms with Crippen LogP contribution in [0.25, 0.3) is 22.3 Å². The maximum Gasteiger partial charge on any atom is 0.162 e. The van der Waals surface area contributed by atoms with E-state index in [2.05, 4.69) is 18.7 Å². The summed E-state index contributed by atoms with van der Waals surface area (Å²) in [6.07, 6.45) is 2.39. The Bertz CT molecular complexity index is 986. The molecule has 2 heterocycles. The van der Waals surface area contributed by atoms with E-state index in [9.17, 15) is 0 Å². The lowest BCUT2D eigenvalue weighted by Crippen LogP contribution is -2.40. The van der Waals surface area contributed by atoms with Crippen LogP contribution in [0, 0.1) is 5.41 Å². The second kappa shape index (κ2) is 7.30. The molecule has 0 amide bonds. The summed E-state index contributed by atoms with van der Waals surface area (Å²) in [6, 6.07) is 14.1. The molecule has 0 N–H and O–H groups in total. The van der Waals surface area contributed by atoms with Crippen LogP contribution in [-0.4, -0.2) is 37.3 Å². The highest BCUT2D eigenvalue weighted by Crippen LogP contribution is 2.39. The van der Waals surface area contributed by atoms with Crippen molar-refractivity contribution in [2.75, 3.05) is 32.2 Å². The van der Waals surface area contributed by atoms with Gasteiger partial charge in [0, 0.05) is 30.1 Å². The number of ether oxygens (including phenoxy) is 2. The molecule has 1 aliphatic rings. The predicted octanol–water partition coefficient (Wildman–Crippen LogP) is 4.94. The highest BCUT2D eigenvalue weighted by atomic mass is 16.5. The van der Waals surface area contributed by atoms with E-state index in [1.807, 2.05) is 42.5 Å². The minimum atomic E-state index is 0.263. The zero-order valence-electron chi connectivity index (χ0n) is 17.0. The molecule has 0 spiro atoms. The Morgan fingerprint density at radius 2 is 1.68 bits per heavy atom. The summed E-state index contributed by atoms with van der Waals surface area (Å²) >= 11 is 0. The molecular formula is C23H27N3O2. The first kappa shape index (κ1) is 18.5. The van der Waals surface area contributed by atoms with Crippen molar-refractivity contribution in [3.63, 3.8) is 0 Å². The lowest BCUT2D eigenvalue weighted by molar-refractivity contribution is 0.292. The molecule has 0 atom stereocenters. The quantitative estimate of drug-likeness (QED) is 0.644. The zero-order valence-corrected chi connectivity index (χ0v) is 17.0. The largest absolute Gasteiger partial charge is 0.493 e. The Labute approximate surface area is 166 Å². The standard InChI is InChI=1S/C23H27N3O2/c1-23(2)11-8-12-26(15-23)22-17-13-19(27-3)20(28-4)14-18(17)24-21(25-22)16-9-6-5-7-10-16/h5-7,9-10,13-14H,8,11-12,15H2,1-4H3. The molecule has 1 saturated heterocycles. The Kier molecular flexibility index (Phi) is 4.84. The van der Waals surface area contributed by atoms with Gasteiger partial charge >= 0.3 is 0 Å². The van der Waals surface area contributed by atoms with Gasteiger partial charge < -0.3 is 14.4 Å². The van der Waals surface area contributed by atoms with Crippen molar-refractivity contribution in [3.8, 4) is 22.9 Å². The average molecular weight is 377 g/mol. The molecule has 0 radical (unpaired) electrons. The topological polar surface area (TPSA) is 47.5 Å². The summed E-state index contributed by atoms with van der Waals surface area (Å²) < 4.78 is 11.1. The Morgan fingerprint density at radius 1 is 0.964 bits per heavy atom. The number of hydrogen-bond donors (Lipinski definition) is 0. The lowest BCUT2D eigenvalue weighted by Gasteiger charge is -2.39. The van der Waals surface area contributed by atoms with Gasteiger partial charge in [0.05, 0.1) is 19.7 Å². The van der Waals surface area contributed by atoms with Crippen LogP contribution >= 0.6 is 0 Å². The number of benzene rings is 2. The molecule has 1 aliphatic heterocycles. The van der Waals surface area contributed by atoms with Crippen LogP contribution in [0.1, 0.15) is 26.7 Å². The van der Waals surface area contributed by atoms with Crippen LogP contribution in [0.5, 0.6) is 11.5 Å². The van der Waals surface area contributed by atoms with Crippen LogP contribution in [0.15, 0.2) is 42.5 Å². The SMILES string of the molecule is COc1cc2nc(-c3ccccc3)nc(N3CCCC(C)(C)C3)c2cc1OC. The van der Waals surface area contributed by atoms with Gasteiger partial charge in [-0.05, 0) is 24.3 Å². The summed E-state index contributed by atoms with van der Waals surface area (Å²) in [5.74, 6) is 3.08. The summed E-state index contributed by atoms with van der Waals surface area (Å²) in [4.78, 5) is 12.3. The van der Waals surface area contributed by atoms with Gasteiger partial charge in [0.15, 0.2) is 17.3 Å². The number of methoxy groups -OCH3 is 2. The van der Waals surface area contributed by atoms with Crippen LogP contribution in [-0.2, 0) is 0 Å². The zero-order chi connectivity index (χ0) is 19.7. The first-order valence-electron chi connectivity index (χ1n) is 9.75. The molecule has 28 heavy (non-hydrogen) atoms. The van der Waals surface area contributed by atoms with Gasteiger partial charge in [-0.1, -0.05) is 44.2 Å². The minimum absolute atomic E-state index is 0.263. The van der Waals surface area contributed by atoms with Gasteiger partial charge in [-0.2, -0.15) is 0 Å². The molecule has 0 unspecified atom stereocenters. The van der Waals surface area contributed by atoms with Crippen LogP contribution in [0.3, 0.4) is 0 Å². The fourth-order valence-electron chi connectivity index (χ4n) is 4.00. The first-order valence-corrected chi connectivity index (χ1v) is 9.75. The number of fused-ring (bicyclic) bond motifs is 1. The molecule has 1 aromatic heterocycles. The van der Waals surface area contributed by atoms with Gasteiger partial charge in [-0.15, -0.1) is 0 Å². The Balaban J connectivity index is 1.94. The Morgan fingerprint density at radius 3 is 2.36 bits per heavy atom. The first-order chi connectivity index (χ1) is 13.5. The molecule has 2 aromatic carbocycles. The molecule has 0 saturated carbocycles. The molecule has 1 fully saturated rings. The van der Waals surface area contributed by atoms with Gasteiger partial charge in [0.25, 0.3) is 0 Å². The number of piperidine rings is 1. The van der Waals surface area contributed by atoms with Crippen LogP contribution < -0.4 is 14.4 Å². The number of nitrogens with zero attached hydrogens (tertiary/aromatic N) is 3. The third-order valence-electron chi connectivity index (χ3n) is 5.41. The lowest BCUT2D eigenvalue weighted by atomic mass is 9.84. The molecule has 5 nitrogen and oxygen atoms in total. The molecule has 5 heteroatoms. The maximum atomic E-state index is 5.54. The van der Waals surface area contributed by atoms with Crippen molar-refractivity contribution < 1.29 is 9.47 Å². The molecule has 3 aromatic rings. The van der Waals surface area contributed by atoms with E-state index in [0.717, 1.165) is 47.6 Å². The van der Waals surface area contributed by atoms with Gasteiger partial charge in [-0.25, -0.2) is 9.97 Å². The highest BCUT2D eigenvalue weighted by molar-refractivity contribution is 5.93. The van der Waals surface area contributed by atoms with E-state index in [-0.39, 0.29) is 5.41 Å².